The summed E-state index contributed by atoms with van der Waals surface area (Å²) in [6, 6.07) is 14.4. The highest BCUT2D eigenvalue weighted by Crippen LogP contribution is 2.19. The number of aromatic nitrogens is 1. The molecule has 1 fully saturated rings. The molecule has 6 nitrogen and oxygen atoms in total. The third-order valence-electron chi connectivity index (χ3n) is 5.54. The Morgan fingerprint density at radius 3 is 2.50 bits per heavy atom. The molecule has 0 saturated carbocycles. The molecule has 1 aliphatic heterocycles. The molecule has 0 spiro atoms. The number of piperazine rings is 1. The quantitative estimate of drug-likeness (QED) is 0.658. The Labute approximate surface area is 174 Å². The van der Waals surface area contributed by atoms with E-state index in [9.17, 15) is 14.0 Å². The zero-order valence-corrected chi connectivity index (χ0v) is 16.7. The Bertz CT molecular complexity index is 1040. The van der Waals surface area contributed by atoms with Gasteiger partial charge in [0, 0.05) is 55.4 Å². The number of para-hydroxylation sites is 1. The van der Waals surface area contributed by atoms with Gasteiger partial charge >= 0.3 is 0 Å². The first-order valence-corrected chi connectivity index (χ1v) is 10.2. The first kappa shape index (κ1) is 20.1. The molecule has 0 unspecified atom stereocenters. The third-order valence-corrected chi connectivity index (χ3v) is 5.54. The predicted octanol–water partition coefficient (Wildman–Crippen LogP) is 2.31. The number of nitrogens with zero attached hydrogens (tertiary/aromatic N) is 2. The lowest BCUT2D eigenvalue weighted by Gasteiger charge is -2.34. The molecule has 0 radical (unpaired) electrons. The second kappa shape index (κ2) is 9.09. The van der Waals surface area contributed by atoms with Gasteiger partial charge in [-0.15, -0.1) is 0 Å². The smallest absolute Gasteiger partial charge is 0.234 e. The fraction of sp³-hybridized carbons (Fsp3) is 0.304. The van der Waals surface area contributed by atoms with Crippen LogP contribution in [0.4, 0.5) is 4.39 Å². The lowest BCUT2D eigenvalue weighted by Crippen LogP contribution is -2.51. The van der Waals surface area contributed by atoms with Crippen molar-refractivity contribution in [2.24, 2.45) is 0 Å². The van der Waals surface area contributed by atoms with Crippen molar-refractivity contribution in [3.8, 4) is 0 Å². The number of amides is 2. The second-order valence-corrected chi connectivity index (χ2v) is 7.56. The molecular weight excluding hydrogens is 383 g/mol. The number of rotatable bonds is 6. The first-order valence-electron chi connectivity index (χ1n) is 10.2. The van der Waals surface area contributed by atoms with Crippen LogP contribution in [0, 0.1) is 5.82 Å². The number of carbonyl (C=O) groups excluding carboxylic acids is 2. The van der Waals surface area contributed by atoms with Gasteiger partial charge < -0.3 is 15.2 Å². The number of halogens is 1. The Balaban J connectivity index is 1.23. The van der Waals surface area contributed by atoms with E-state index < -0.39 is 0 Å². The van der Waals surface area contributed by atoms with Crippen LogP contribution in [-0.2, 0) is 22.6 Å². The summed E-state index contributed by atoms with van der Waals surface area (Å²) in [7, 11) is 0. The Hall–Kier alpha value is -3.19. The normalized spacial score (nSPS) is 14.8. The summed E-state index contributed by atoms with van der Waals surface area (Å²) >= 11 is 0. The highest BCUT2D eigenvalue weighted by molar-refractivity contribution is 5.89. The average molecular weight is 408 g/mol. The minimum atomic E-state index is -0.319. The van der Waals surface area contributed by atoms with E-state index in [0.717, 1.165) is 16.5 Å². The lowest BCUT2D eigenvalue weighted by atomic mass is 10.1. The Morgan fingerprint density at radius 2 is 1.70 bits per heavy atom. The number of carbonyl (C=O) groups is 2. The van der Waals surface area contributed by atoms with E-state index in [0.29, 0.717) is 38.2 Å². The van der Waals surface area contributed by atoms with Gasteiger partial charge in [-0.2, -0.15) is 0 Å². The van der Waals surface area contributed by atoms with Crippen LogP contribution in [0.2, 0.25) is 0 Å². The maximum Gasteiger partial charge on any atom is 0.234 e. The predicted molar refractivity (Wildman–Crippen MR) is 113 cm³/mol. The van der Waals surface area contributed by atoms with E-state index >= 15 is 0 Å². The van der Waals surface area contributed by atoms with E-state index in [1.165, 1.54) is 6.07 Å². The maximum absolute atomic E-state index is 13.6. The van der Waals surface area contributed by atoms with Crippen LogP contribution >= 0.6 is 0 Å². The molecule has 1 aliphatic rings. The molecule has 2 amide bonds. The zero-order valence-electron chi connectivity index (χ0n) is 16.7. The van der Waals surface area contributed by atoms with Crippen LogP contribution < -0.4 is 5.32 Å². The van der Waals surface area contributed by atoms with Crippen molar-refractivity contribution >= 4 is 22.7 Å². The summed E-state index contributed by atoms with van der Waals surface area (Å²) in [6.45, 7) is 2.91. The fourth-order valence-corrected chi connectivity index (χ4v) is 3.80. The lowest BCUT2D eigenvalue weighted by molar-refractivity contribution is -0.132. The molecule has 2 aromatic carbocycles. The van der Waals surface area contributed by atoms with Gasteiger partial charge in [0.2, 0.25) is 11.8 Å². The van der Waals surface area contributed by atoms with Gasteiger partial charge in [-0.25, -0.2) is 4.39 Å². The minimum Gasteiger partial charge on any atom is -0.361 e. The molecule has 4 rings (SSSR count). The molecule has 30 heavy (non-hydrogen) atoms. The highest BCUT2D eigenvalue weighted by Gasteiger charge is 2.23. The summed E-state index contributed by atoms with van der Waals surface area (Å²) in [5.41, 5.74) is 2.51. The van der Waals surface area contributed by atoms with E-state index in [4.69, 9.17) is 0 Å². The van der Waals surface area contributed by atoms with Crippen LogP contribution in [0.5, 0.6) is 0 Å². The van der Waals surface area contributed by atoms with E-state index in [1.54, 1.807) is 18.2 Å². The Morgan fingerprint density at radius 1 is 0.967 bits per heavy atom. The van der Waals surface area contributed by atoms with Crippen LogP contribution in [0.25, 0.3) is 10.9 Å². The maximum atomic E-state index is 13.6. The van der Waals surface area contributed by atoms with Gasteiger partial charge in [-0.05, 0) is 17.7 Å². The van der Waals surface area contributed by atoms with Crippen LogP contribution in [-0.4, -0.2) is 59.3 Å². The van der Waals surface area contributed by atoms with Gasteiger partial charge in [0.1, 0.15) is 5.82 Å². The monoisotopic (exact) mass is 408 g/mol. The number of H-pyrrole nitrogens is 1. The first-order chi connectivity index (χ1) is 14.6. The number of hydrogen-bond acceptors (Lipinski definition) is 3. The molecule has 1 saturated heterocycles. The summed E-state index contributed by atoms with van der Waals surface area (Å²) in [4.78, 5) is 32.0. The summed E-state index contributed by atoms with van der Waals surface area (Å²) in [5, 5.41) is 3.84. The van der Waals surface area contributed by atoms with Crippen molar-refractivity contribution < 1.29 is 14.0 Å². The topological polar surface area (TPSA) is 68.4 Å². The highest BCUT2D eigenvalue weighted by atomic mass is 19.1. The van der Waals surface area contributed by atoms with E-state index in [2.05, 4.69) is 10.3 Å². The van der Waals surface area contributed by atoms with E-state index in [1.807, 2.05) is 40.3 Å². The molecule has 0 aliphatic carbocycles. The Kier molecular flexibility index (Phi) is 6.09. The molecule has 1 aromatic heterocycles. The number of benzene rings is 2. The van der Waals surface area contributed by atoms with E-state index in [-0.39, 0.29) is 30.7 Å². The molecule has 7 heteroatoms. The minimum absolute atomic E-state index is 0.100. The van der Waals surface area contributed by atoms with Crippen LogP contribution in [0.3, 0.4) is 0 Å². The molecule has 0 atom stereocenters. The average Bonchev–Trinajstić information content (AvgIpc) is 3.16. The second-order valence-electron chi connectivity index (χ2n) is 7.56. The molecular formula is C23H25FN4O2. The number of fused-ring (bicyclic) bond motifs is 1. The van der Waals surface area contributed by atoms with Gasteiger partial charge in [0.05, 0.1) is 13.0 Å². The van der Waals surface area contributed by atoms with Crippen molar-refractivity contribution in [2.75, 3.05) is 32.7 Å². The van der Waals surface area contributed by atoms with Gasteiger partial charge in [-0.1, -0.05) is 36.4 Å². The molecule has 2 N–H and O–H groups in total. The van der Waals surface area contributed by atoms with Crippen molar-refractivity contribution in [1.82, 2.24) is 20.1 Å². The van der Waals surface area contributed by atoms with Gasteiger partial charge in [0.15, 0.2) is 0 Å². The summed E-state index contributed by atoms with van der Waals surface area (Å²) < 4.78 is 13.6. The standard InChI is InChI=1S/C23H25FN4O2/c24-20-7-3-1-5-17(20)14-26-22(29)16-27-9-11-28(12-10-27)23(30)13-18-15-25-21-8-4-2-6-19(18)21/h1-8,15,25H,9-14,16H2,(H,26,29). The van der Waals surface area contributed by atoms with Crippen LogP contribution in [0.15, 0.2) is 54.7 Å². The van der Waals surface area contributed by atoms with Crippen molar-refractivity contribution in [3.63, 3.8) is 0 Å². The SMILES string of the molecule is O=C(CN1CCN(C(=O)Cc2c[nH]c3ccccc23)CC1)NCc1ccccc1F. The molecule has 0 bridgehead atoms. The van der Waals surface area contributed by atoms with Crippen molar-refractivity contribution in [1.29, 1.82) is 0 Å². The molecule has 156 valence electrons. The number of aromatic amines is 1. The van der Waals surface area contributed by atoms with Crippen LogP contribution in [0.1, 0.15) is 11.1 Å². The summed E-state index contributed by atoms with van der Waals surface area (Å²) in [5.74, 6) is -0.361. The zero-order chi connectivity index (χ0) is 20.9. The fourth-order valence-electron chi connectivity index (χ4n) is 3.80. The van der Waals surface area contributed by atoms with Crippen molar-refractivity contribution in [2.45, 2.75) is 13.0 Å². The third kappa shape index (κ3) is 4.68. The van der Waals surface area contributed by atoms with Gasteiger partial charge in [0.25, 0.3) is 0 Å². The number of hydrogen-bond donors (Lipinski definition) is 2. The van der Waals surface area contributed by atoms with Crippen molar-refractivity contribution in [3.05, 3.63) is 71.7 Å². The number of nitrogens with one attached hydrogen (secondary N) is 2. The summed E-state index contributed by atoms with van der Waals surface area (Å²) in [6.07, 6.45) is 2.27. The van der Waals surface area contributed by atoms with Gasteiger partial charge in [-0.3, -0.25) is 14.5 Å². The molecule has 3 aromatic rings. The molecule has 2 heterocycles. The largest absolute Gasteiger partial charge is 0.361 e.